The number of benzene rings is 7. The zero-order chi connectivity index (χ0) is 33.0. The first-order chi connectivity index (χ1) is 24.8. The number of aromatic nitrogens is 4. The molecule has 0 aliphatic heterocycles. The van der Waals surface area contributed by atoms with Gasteiger partial charge < -0.3 is 8.83 Å². The summed E-state index contributed by atoms with van der Waals surface area (Å²) in [5.41, 5.74) is 8.45. The molecule has 0 aliphatic rings. The highest BCUT2D eigenvalue weighted by molar-refractivity contribution is 6.18. The van der Waals surface area contributed by atoms with Gasteiger partial charge in [-0.05, 0) is 58.3 Å². The number of hydrogen-bond acceptors (Lipinski definition) is 6. The lowest BCUT2D eigenvalue weighted by atomic mass is 9.99. The fourth-order valence-corrected chi connectivity index (χ4v) is 6.77. The number of rotatable bonds is 5. The lowest BCUT2D eigenvalue weighted by Gasteiger charge is -2.12. The van der Waals surface area contributed by atoms with Gasteiger partial charge in [0, 0.05) is 22.1 Å². The van der Waals surface area contributed by atoms with E-state index in [1.165, 1.54) is 0 Å². The van der Waals surface area contributed by atoms with Crippen molar-refractivity contribution in [2.45, 2.75) is 0 Å². The second kappa shape index (κ2) is 11.4. The van der Waals surface area contributed by atoms with Gasteiger partial charge in [-0.1, -0.05) is 121 Å². The maximum atomic E-state index is 6.61. The number of nitrogens with zero attached hydrogens (tertiary/aromatic N) is 4. The van der Waals surface area contributed by atoms with Crippen LogP contribution >= 0.6 is 0 Å². The monoisotopic (exact) mass is 642 g/mol. The zero-order valence-corrected chi connectivity index (χ0v) is 26.6. The summed E-state index contributed by atoms with van der Waals surface area (Å²) in [6, 6.07) is 53.1. The van der Waals surface area contributed by atoms with Crippen LogP contribution in [0.1, 0.15) is 0 Å². The Kier molecular flexibility index (Phi) is 6.39. The maximum Gasteiger partial charge on any atom is 0.227 e. The average Bonchev–Trinajstić information content (AvgIpc) is 3.80. The zero-order valence-electron chi connectivity index (χ0n) is 26.6. The molecule has 0 unspecified atom stereocenters. The van der Waals surface area contributed by atoms with E-state index in [1.54, 1.807) is 0 Å². The average molecular weight is 643 g/mol. The highest BCUT2D eigenvalue weighted by atomic mass is 16.4. The van der Waals surface area contributed by atoms with E-state index in [2.05, 4.69) is 54.6 Å². The van der Waals surface area contributed by atoms with Crippen molar-refractivity contribution in [3.63, 3.8) is 0 Å². The van der Waals surface area contributed by atoms with Crippen LogP contribution in [0.3, 0.4) is 0 Å². The molecule has 0 aliphatic carbocycles. The van der Waals surface area contributed by atoms with E-state index in [1.807, 2.05) is 103 Å². The number of hydrogen-bond donors (Lipinski definition) is 0. The summed E-state index contributed by atoms with van der Waals surface area (Å²) in [5.74, 6) is 2.25. The predicted octanol–water partition coefficient (Wildman–Crippen LogP) is 11.4. The van der Waals surface area contributed by atoms with Crippen LogP contribution in [-0.4, -0.2) is 19.9 Å². The number of furan rings is 1. The number of para-hydroxylation sites is 1. The molecular weight excluding hydrogens is 617 g/mol. The number of fused-ring (bicyclic) bond motifs is 6. The molecule has 50 heavy (non-hydrogen) atoms. The summed E-state index contributed by atoms with van der Waals surface area (Å²) in [7, 11) is 0. The van der Waals surface area contributed by atoms with Gasteiger partial charge in [-0.2, -0.15) is 0 Å². The molecule has 10 aromatic rings. The Labute approximate surface area is 286 Å². The molecule has 0 saturated heterocycles. The topological polar surface area (TPSA) is 77.8 Å². The van der Waals surface area contributed by atoms with Gasteiger partial charge in [0.25, 0.3) is 0 Å². The van der Waals surface area contributed by atoms with Gasteiger partial charge in [0.2, 0.25) is 5.89 Å². The van der Waals surface area contributed by atoms with Crippen molar-refractivity contribution in [2.24, 2.45) is 0 Å². The summed E-state index contributed by atoms with van der Waals surface area (Å²) in [5, 5.41) is 4.04. The Bertz CT molecular complexity index is 2880. The summed E-state index contributed by atoms with van der Waals surface area (Å²) in [6.07, 6.45) is 0. The SMILES string of the molecule is c1ccc(-c2nc3ccc4oc5c(-c6nc(-c7ccc8ccccc8c7)nc(-c7ccccc7-c7ccccc7)n6)cccc5c4c3o2)cc1. The molecule has 0 atom stereocenters. The Morgan fingerprint density at radius 1 is 0.380 bits per heavy atom. The smallest absolute Gasteiger partial charge is 0.227 e. The molecule has 7 aromatic carbocycles. The van der Waals surface area contributed by atoms with E-state index in [0.717, 1.165) is 60.4 Å². The number of oxazole rings is 1. The van der Waals surface area contributed by atoms with E-state index in [0.29, 0.717) is 40.1 Å². The molecule has 6 nitrogen and oxygen atoms in total. The van der Waals surface area contributed by atoms with Crippen LogP contribution in [0.4, 0.5) is 0 Å². The Hall–Kier alpha value is -6.92. The van der Waals surface area contributed by atoms with Crippen molar-refractivity contribution in [1.29, 1.82) is 0 Å². The van der Waals surface area contributed by atoms with Crippen molar-refractivity contribution < 1.29 is 8.83 Å². The minimum atomic E-state index is 0.518. The van der Waals surface area contributed by atoms with Crippen molar-refractivity contribution >= 4 is 43.8 Å². The molecule has 0 amide bonds. The third-order valence-electron chi connectivity index (χ3n) is 9.17. The van der Waals surface area contributed by atoms with Crippen molar-refractivity contribution in [3.05, 3.63) is 158 Å². The van der Waals surface area contributed by atoms with Crippen LogP contribution in [0.25, 0.3) is 101 Å². The Morgan fingerprint density at radius 3 is 1.86 bits per heavy atom. The predicted molar refractivity (Wildman–Crippen MR) is 199 cm³/mol. The van der Waals surface area contributed by atoms with E-state index >= 15 is 0 Å². The highest BCUT2D eigenvalue weighted by Gasteiger charge is 2.22. The third-order valence-corrected chi connectivity index (χ3v) is 9.17. The first-order valence-electron chi connectivity index (χ1n) is 16.5. The molecule has 0 saturated carbocycles. The lowest BCUT2D eigenvalue weighted by molar-refractivity contribution is 0.622. The first-order valence-corrected chi connectivity index (χ1v) is 16.5. The molecule has 0 radical (unpaired) electrons. The van der Waals surface area contributed by atoms with Gasteiger partial charge in [-0.25, -0.2) is 19.9 Å². The van der Waals surface area contributed by atoms with E-state index < -0.39 is 0 Å². The minimum Gasteiger partial charge on any atom is -0.455 e. The Morgan fingerprint density at radius 2 is 1.04 bits per heavy atom. The fourth-order valence-electron chi connectivity index (χ4n) is 6.77. The van der Waals surface area contributed by atoms with Crippen molar-refractivity contribution in [3.8, 4) is 56.7 Å². The van der Waals surface area contributed by atoms with Crippen LogP contribution < -0.4 is 0 Å². The molecule has 10 rings (SSSR count). The Balaban J connectivity index is 1.21. The molecule has 0 fully saturated rings. The molecule has 3 aromatic heterocycles. The lowest BCUT2D eigenvalue weighted by Crippen LogP contribution is -2.01. The summed E-state index contributed by atoms with van der Waals surface area (Å²) < 4.78 is 13.0. The highest BCUT2D eigenvalue weighted by Crippen LogP contribution is 2.41. The van der Waals surface area contributed by atoms with Gasteiger partial charge in [0.1, 0.15) is 16.7 Å². The van der Waals surface area contributed by atoms with Gasteiger partial charge in [0.15, 0.2) is 23.1 Å². The second-order valence-electron chi connectivity index (χ2n) is 12.2. The van der Waals surface area contributed by atoms with Gasteiger partial charge >= 0.3 is 0 Å². The van der Waals surface area contributed by atoms with Gasteiger partial charge in [0.05, 0.1) is 10.9 Å². The van der Waals surface area contributed by atoms with Crippen LogP contribution in [-0.2, 0) is 0 Å². The summed E-state index contributed by atoms with van der Waals surface area (Å²) in [4.78, 5) is 20.2. The normalized spacial score (nSPS) is 11.6. The molecule has 234 valence electrons. The van der Waals surface area contributed by atoms with Crippen LogP contribution in [0, 0.1) is 0 Å². The van der Waals surface area contributed by atoms with Crippen LogP contribution in [0.2, 0.25) is 0 Å². The summed E-state index contributed by atoms with van der Waals surface area (Å²) in [6.45, 7) is 0. The molecular formula is C44H26N4O2. The van der Waals surface area contributed by atoms with E-state index in [9.17, 15) is 0 Å². The second-order valence-corrected chi connectivity index (χ2v) is 12.2. The van der Waals surface area contributed by atoms with E-state index in [4.69, 9.17) is 28.8 Å². The van der Waals surface area contributed by atoms with Gasteiger partial charge in [-0.15, -0.1) is 0 Å². The van der Waals surface area contributed by atoms with Crippen LogP contribution in [0.15, 0.2) is 167 Å². The maximum absolute atomic E-state index is 6.61. The standard InChI is InChI=1S/C44H26N4O2/c1-3-13-28(14-4-1)32-18-9-10-19-33(32)42-46-41(31-23-22-27-12-7-8-17-30(27)26-31)47-43(48-42)35-21-11-20-34-38-37(49-39(34)35)25-24-36-40(38)50-44(45-36)29-15-5-2-6-16-29/h1-26H. The van der Waals surface area contributed by atoms with Gasteiger partial charge in [-0.3, -0.25) is 0 Å². The van der Waals surface area contributed by atoms with Crippen molar-refractivity contribution in [2.75, 3.05) is 0 Å². The molecule has 3 heterocycles. The quantitative estimate of drug-likeness (QED) is 0.186. The summed E-state index contributed by atoms with van der Waals surface area (Å²) >= 11 is 0. The van der Waals surface area contributed by atoms with Crippen molar-refractivity contribution in [1.82, 2.24) is 19.9 Å². The molecule has 0 N–H and O–H groups in total. The molecule has 6 heteroatoms. The molecule has 0 bridgehead atoms. The third kappa shape index (κ3) is 4.65. The first kappa shape index (κ1) is 28.1. The largest absolute Gasteiger partial charge is 0.455 e. The molecule has 0 spiro atoms. The van der Waals surface area contributed by atoms with Crippen LogP contribution in [0.5, 0.6) is 0 Å². The van der Waals surface area contributed by atoms with E-state index in [-0.39, 0.29) is 0 Å². The fraction of sp³-hybridized carbons (Fsp3) is 0. The minimum absolute atomic E-state index is 0.518.